The number of hydrogen-bond donors (Lipinski definition) is 0. The average molecular weight is 294 g/mol. The van der Waals surface area contributed by atoms with Gasteiger partial charge >= 0.3 is 11.7 Å². The Kier molecular flexibility index (Phi) is 3.99. The van der Waals surface area contributed by atoms with Crippen LogP contribution in [0, 0.1) is 10.1 Å². The van der Waals surface area contributed by atoms with Crippen molar-refractivity contribution >= 4 is 23.4 Å². The van der Waals surface area contributed by atoms with E-state index < -0.39 is 10.9 Å². The van der Waals surface area contributed by atoms with E-state index in [9.17, 15) is 14.9 Å². The third-order valence-electron chi connectivity index (χ3n) is 2.41. The largest absolute Gasteiger partial charge is 0.465 e. The molecule has 2 aromatic heterocycles. The lowest BCUT2D eigenvalue weighted by atomic mass is 10.3. The average Bonchev–Trinajstić information content (AvgIpc) is 2.83. The fourth-order valence-electron chi connectivity index (χ4n) is 1.42. The molecule has 0 atom stereocenters. The topological polar surface area (TPSA) is 100 Å². The second-order valence-corrected chi connectivity index (χ2v) is 4.68. The number of carbonyl (C=O) groups is 1. The summed E-state index contributed by atoms with van der Waals surface area (Å²) in [6.07, 6.45) is 4.54. The van der Waals surface area contributed by atoms with Gasteiger partial charge in [-0.25, -0.2) is 14.8 Å². The van der Waals surface area contributed by atoms with Crippen LogP contribution in [0.25, 0.3) is 0 Å². The Morgan fingerprint density at radius 2 is 2.25 bits per heavy atom. The lowest BCUT2D eigenvalue weighted by Crippen LogP contribution is -2.04. The molecule has 0 bridgehead atoms. The highest BCUT2D eigenvalue weighted by atomic mass is 32.2. The van der Waals surface area contributed by atoms with E-state index in [1.54, 1.807) is 24.0 Å². The van der Waals surface area contributed by atoms with Gasteiger partial charge in [-0.1, -0.05) is 0 Å². The molecule has 0 spiro atoms. The molecule has 0 saturated carbocycles. The third-order valence-corrected chi connectivity index (χ3v) is 3.50. The number of nitro groups is 1. The van der Waals surface area contributed by atoms with E-state index in [0.717, 1.165) is 17.8 Å². The van der Waals surface area contributed by atoms with E-state index in [-0.39, 0.29) is 16.3 Å². The molecule has 0 amide bonds. The predicted octanol–water partition coefficient (Wildman–Crippen LogP) is 1.66. The van der Waals surface area contributed by atoms with Crippen LogP contribution < -0.4 is 0 Å². The van der Waals surface area contributed by atoms with Crippen LogP contribution in [-0.4, -0.2) is 32.5 Å². The van der Waals surface area contributed by atoms with Crippen molar-refractivity contribution in [1.82, 2.24) is 14.5 Å². The van der Waals surface area contributed by atoms with Crippen molar-refractivity contribution in [2.75, 3.05) is 7.11 Å². The minimum absolute atomic E-state index is 0.0309. The Bertz CT molecular complexity index is 670. The van der Waals surface area contributed by atoms with Gasteiger partial charge in [0.05, 0.1) is 17.6 Å². The van der Waals surface area contributed by atoms with Crippen LogP contribution >= 0.6 is 11.8 Å². The Morgan fingerprint density at radius 1 is 1.50 bits per heavy atom. The molecular weight excluding hydrogens is 284 g/mol. The van der Waals surface area contributed by atoms with Crippen LogP contribution in [0.2, 0.25) is 0 Å². The first kappa shape index (κ1) is 14.0. The maximum atomic E-state index is 11.4. The zero-order chi connectivity index (χ0) is 14.7. The molecular formula is C11H10N4O4S. The molecule has 0 N–H and O–H groups in total. The molecule has 2 rings (SSSR count). The van der Waals surface area contributed by atoms with Crippen molar-refractivity contribution in [3.05, 3.63) is 40.3 Å². The van der Waals surface area contributed by atoms with Crippen LogP contribution in [-0.2, 0) is 11.8 Å². The summed E-state index contributed by atoms with van der Waals surface area (Å²) >= 11 is 1.05. The van der Waals surface area contributed by atoms with E-state index in [4.69, 9.17) is 0 Å². The number of aromatic nitrogens is 3. The Balaban J connectivity index is 2.40. The maximum absolute atomic E-state index is 11.4. The van der Waals surface area contributed by atoms with E-state index >= 15 is 0 Å². The lowest BCUT2D eigenvalue weighted by molar-refractivity contribution is -0.388. The first-order chi connectivity index (χ1) is 9.52. The summed E-state index contributed by atoms with van der Waals surface area (Å²) in [4.78, 5) is 29.9. The number of ether oxygens (including phenoxy) is 1. The standard InChI is InChI=1S/C11H10N4O4S/c1-14-4-3-12-11(14)20-9-8(15(17)18)5-7(6-13-9)10(16)19-2/h3-6H,1-2H3. The quantitative estimate of drug-likeness (QED) is 0.480. The summed E-state index contributed by atoms with van der Waals surface area (Å²) in [5, 5.41) is 11.8. The Hall–Kier alpha value is -2.42. The molecule has 0 saturated heterocycles. The molecule has 0 aromatic carbocycles. The van der Waals surface area contributed by atoms with Gasteiger partial charge in [0.25, 0.3) is 0 Å². The summed E-state index contributed by atoms with van der Waals surface area (Å²) < 4.78 is 6.22. The molecule has 8 nitrogen and oxygen atoms in total. The molecule has 0 fully saturated rings. The summed E-state index contributed by atoms with van der Waals surface area (Å²) in [6.45, 7) is 0. The van der Waals surface area contributed by atoms with Crippen molar-refractivity contribution in [2.24, 2.45) is 7.05 Å². The number of rotatable bonds is 4. The summed E-state index contributed by atoms with van der Waals surface area (Å²) in [5.74, 6) is -0.672. The number of aryl methyl sites for hydroxylation is 1. The monoisotopic (exact) mass is 294 g/mol. The van der Waals surface area contributed by atoms with Gasteiger partial charge in [0.15, 0.2) is 10.2 Å². The van der Waals surface area contributed by atoms with Crippen LogP contribution in [0.3, 0.4) is 0 Å². The highest BCUT2D eigenvalue weighted by Crippen LogP contribution is 2.32. The first-order valence-electron chi connectivity index (χ1n) is 5.41. The number of nitrogens with zero attached hydrogens (tertiary/aromatic N) is 4. The van der Waals surface area contributed by atoms with Gasteiger partial charge in [-0.05, 0) is 11.8 Å². The van der Waals surface area contributed by atoms with Crippen molar-refractivity contribution in [1.29, 1.82) is 0 Å². The Labute approximate surface area is 117 Å². The molecule has 9 heteroatoms. The zero-order valence-electron chi connectivity index (χ0n) is 10.6. The van der Waals surface area contributed by atoms with Crippen LogP contribution in [0.5, 0.6) is 0 Å². The van der Waals surface area contributed by atoms with E-state index in [2.05, 4.69) is 14.7 Å². The molecule has 0 aliphatic heterocycles. The third kappa shape index (κ3) is 2.77. The first-order valence-corrected chi connectivity index (χ1v) is 6.22. The fourth-order valence-corrected chi connectivity index (χ4v) is 2.25. The van der Waals surface area contributed by atoms with Gasteiger partial charge < -0.3 is 9.30 Å². The fraction of sp³-hybridized carbons (Fsp3) is 0.182. The van der Waals surface area contributed by atoms with Gasteiger partial charge in [-0.3, -0.25) is 10.1 Å². The predicted molar refractivity (Wildman–Crippen MR) is 69.6 cm³/mol. The van der Waals surface area contributed by atoms with Crippen molar-refractivity contribution in [2.45, 2.75) is 10.2 Å². The lowest BCUT2D eigenvalue weighted by Gasteiger charge is -2.04. The van der Waals surface area contributed by atoms with Crippen LogP contribution in [0.15, 0.2) is 34.8 Å². The van der Waals surface area contributed by atoms with Gasteiger partial charge in [0.2, 0.25) is 0 Å². The summed E-state index contributed by atoms with van der Waals surface area (Å²) in [7, 11) is 2.97. The highest BCUT2D eigenvalue weighted by Gasteiger charge is 2.21. The van der Waals surface area contributed by atoms with Crippen molar-refractivity contribution in [3.63, 3.8) is 0 Å². The van der Waals surface area contributed by atoms with Gasteiger partial charge in [0, 0.05) is 31.7 Å². The number of methoxy groups -OCH3 is 1. The number of carbonyl (C=O) groups excluding carboxylic acids is 1. The molecule has 0 aliphatic rings. The number of pyridine rings is 1. The van der Waals surface area contributed by atoms with E-state index in [1.165, 1.54) is 13.3 Å². The smallest absolute Gasteiger partial charge is 0.339 e. The molecule has 104 valence electrons. The van der Waals surface area contributed by atoms with Gasteiger partial charge in [0.1, 0.15) is 0 Å². The van der Waals surface area contributed by atoms with Gasteiger partial charge in [-0.15, -0.1) is 0 Å². The second-order valence-electron chi connectivity index (χ2n) is 3.72. The molecule has 0 aliphatic carbocycles. The minimum Gasteiger partial charge on any atom is -0.465 e. The van der Waals surface area contributed by atoms with Crippen LogP contribution in [0.1, 0.15) is 10.4 Å². The Morgan fingerprint density at radius 3 is 2.80 bits per heavy atom. The molecule has 20 heavy (non-hydrogen) atoms. The van der Waals surface area contributed by atoms with Crippen LogP contribution in [0.4, 0.5) is 5.69 Å². The van der Waals surface area contributed by atoms with Crippen molar-refractivity contribution < 1.29 is 14.5 Å². The maximum Gasteiger partial charge on any atom is 0.339 e. The normalized spacial score (nSPS) is 10.3. The van der Waals surface area contributed by atoms with Gasteiger partial charge in [-0.2, -0.15) is 0 Å². The highest BCUT2D eigenvalue weighted by molar-refractivity contribution is 7.99. The zero-order valence-corrected chi connectivity index (χ0v) is 11.5. The summed E-state index contributed by atoms with van der Waals surface area (Å²) in [5.41, 5.74) is -0.232. The minimum atomic E-state index is -0.672. The van der Waals surface area contributed by atoms with Crippen molar-refractivity contribution in [3.8, 4) is 0 Å². The molecule has 2 heterocycles. The van der Waals surface area contributed by atoms with E-state index in [1.807, 2.05) is 0 Å². The summed E-state index contributed by atoms with van der Waals surface area (Å²) in [6, 6.07) is 1.14. The van der Waals surface area contributed by atoms with E-state index in [0.29, 0.717) is 5.16 Å². The number of esters is 1. The molecule has 0 unspecified atom stereocenters. The second kappa shape index (κ2) is 5.70. The SMILES string of the molecule is COC(=O)c1cnc(Sc2nccn2C)c([N+](=O)[O-])c1. The number of imidazole rings is 1. The molecule has 2 aromatic rings. The number of hydrogen-bond acceptors (Lipinski definition) is 7. The molecule has 0 radical (unpaired) electrons.